The Kier molecular flexibility index (Phi) is 3.03. The lowest BCUT2D eigenvalue weighted by Gasteiger charge is -2.11. The van der Waals surface area contributed by atoms with E-state index in [-0.39, 0.29) is 0 Å². The zero-order valence-corrected chi connectivity index (χ0v) is 7.70. The average Bonchev–Trinajstić information content (AvgIpc) is 2.06. The quantitative estimate of drug-likeness (QED) is 0.773. The lowest BCUT2D eigenvalue weighted by atomic mass is 10.2. The molecule has 0 aliphatic rings. The monoisotopic (exact) mass is 246 g/mol. The second kappa shape index (κ2) is 3.80. The number of hydrogen-bond donors (Lipinski definition) is 1. The molecular weight excluding hydrogens is 243 g/mol. The van der Waals surface area contributed by atoms with E-state index in [9.17, 15) is 22.0 Å². The van der Waals surface area contributed by atoms with Crippen LogP contribution in [0.4, 0.5) is 27.8 Å². The van der Waals surface area contributed by atoms with Crippen molar-refractivity contribution in [2.24, 2.45) is 0 Å². The van der Waals surface area contributed by atoms with E-state index < -0.39 is 34.7 Å². The van der Waals surface area contributed by atoms with Crippen LogP contribution in [0.5, 0.6) is 0 Å². The van der Waals surface area contributed by atoms with Crippen LogP contribution in [0, 0.1) is 0 Å². The van der Waals surface area contributed by atoms with Crippen molar-refractivity contribution in [2.45, 2.75) is 12.6 Å². The number of nitrogen functional groups attached to an aromatic ring is 1. The van der Waals surface area contributed by atoms with E-state index in [0.29, 0.717) is 6.07 Å². The van der Waals surface area contributed by atoms with Gasteiger partial charge in [-0.3, -0.25) is 0 Å². The van der Waals surface area contributed by atoms with Gasteiger partial charge in [-0.15, -0.1) is 0 Å². The maximum Gasteiger partial charge on any atom is 0.419 e. The van der Waals surface area contributed by atoms with Crippen LogP contribution in [-0.2, 0) is 6.18 Å². The standard InChI is InChI=1S/C7H4ClF5N2/c8-3-1-2(7(11,12)13)6(14)15-4(3)5(9)10/h1,5H,(H2,14,15). The largest absolute Gasteiger partial charge is 0.419 e. The summed E-state index contributed by atoms with van der Waals surface area (Å²) in [5, 5.41) is -0.758. The van der Waals surface area contributed by atoms with Gasteiger partial charge in [0.25, 0.3) is 6.43 Å². The van der Waals surface area contributed by atoms with Crippen molar-refractivity contribution in [3.8, 4) is 0 Å². The van der Waals surface area contributed by atoms with Gasteiger partial charge in [-0.25, -0.2) is 13.8 Å². The molecule has 0 amide bonds. The smallest absolute Gasteiger partial charge is 0.383 e. The Hall–Kier alpha value is -1.11. The number of aromatic nitrogens is 1. The molecule has 1 aromatic heterocycles. The maximum absolute atomic E-state index is 12.2. The van der Waals surface area contributed by atoms with E-state index in [4.69, 9.17) is 17.3 Å². The predicted molar refractivity (Wildman–Crippen MR) is 43.6 cm³/mol. The van der Waals surface area contributed by atoms with Crippen LogP contribution in [0.2, 0.25) is 5.02 Å². The van der Waals surface area contributed by atoms with Gasteiger partial charge in [0.05, 0.1) is 10.6 Å². The van der Waals surface area contributed by atoms with Gasteiger partial charge >= 0.3 is 6.18 Å². The van der Waals surface area contributed by atoms with Gasteiger partial charge in [0, 0.05) is 0 Å². The molecule has 0 bridgehead atoms. The Balaban J connectivity index is 3.32. The Bertz CT molecular complexity index is 376. The van der Waals surface area contributed by atoms with Gasteiger partial charge < -0.3 is 5.73 Å². The summed E-state index contributed by atoms with van der Waals surface area (Å²) in [5.41, 5.74) is 2.61. The first kappa shape index (κ1) is 12.0. The molecule has 0 fully saturated rings. The van der Waals surface area contributed by atoms with E-state index in [1.807, 2.05) is 0 Å². The molecule has 0 saturated heterocycles. The highest BCUT2D eigenvalue weighted by molar-refractivity contribution is 6.31. The lowest BCUT2D eigenvalue weighted by molar-refractivity contribution is -0.137. The molecule has 1 aromatic rings. The van der Waals surface area contributed by atoms with E-state index in [0.717, 1.165) is 0 Å². The van der Waals surface area contributed by atoms with Crippen LogP contribution < -0.4 is 5.73 Å². The van der Waals surface area contributed by atoms with Crippen molar-refractivity contribution in [3.05, 3.63) is 22.3 Å². The SMILES string of the molecule is Nc1nc(C(F)F)c(Cl)cc1C(F)(F)F. The van der Waals surface area contributed by atoms with Crippen molar-refractivity contribution < 1.29 is 22.0 Å². The first-order chi connectivity index (χ1) is 6.73. The third-order valence-electron chi connectivity index (χ3n) is 1.54. The van der Waals surface area contributed by atoms with Crippen LogP contribution in [0.3, 0.4) is 0 Å². The molecule has 0 aliphatic heterocycles. The minimum absolute atomic E-state index is 0.339. The molecule has 15 heavy (non-hydrogen) atoms. The summed E-state index contributed by atoms with van der Waals surface area (Å²) in [7, 11) is 0. The van der Waals surface area contributed by atoms with E-state index >= 15 is 0 Å². The fourth-order valence-corrected chi connectivity index (χ4v) is 1.13. The molecule has 0 aliphatic carbocycles. The summed E-state index contributed by atoms with van der Waals surface area (Å²) in [6.07, 6.45) is -7.83. The molecule has 0 saturated carbocycles. The fourth-order valence-electron chi connectivity index (χ4n) is 0.898. The molecule has 1 rings (SSSR count). The summed E-state index contributed by atoms with van der Waals surface area (Å²) < 4.78 is 60.9. The van der Waals surface area contributed by atoms with Crippen LogP contribution in [0.1, 0.15) is 17.7 Å². The first-order valence-corrected chi connectivity index (χ1v) is 3.92. The predicted octanol–water partition coefficient (Wildman–Crippen LogP) is 3.27. The van der Waals surface area contributed by atoms with E-state index in [2.05, 4.69) is 4.98 Å². The highest BCUT2D eigenvalue weighted by atomic mass is 35.5. The minimum Gasteiger partial charge on any atom is -0.383 e. The van der Waals surface area contributed by atoms with Gasteiger partial charge in [0.2, 0.25) is 0 Å². The fraction of sp³-hybridized carbons (Fsp3) is 0.286. The lowest BCUT2D eigenvalue weighted by Crippen LogP contribution is -2.12. The Morgan fingerprint density at radius 1 is 1.33 bits per heavy atom. The molecule has 0 spiro atoms. The first-order valence-electron chi connectivity index (χ1n) is 3.54. The third-order valence-corrected chi connectivity index (χ3v) is 1.85. The van der Waals surface area contributed by atoms with Crippen LogP contribution >= 0.6 is 11.6 Å². The molecule has 0 radical (unpaired) electrons. The number of nitrogens with two attached hydrogens (primary N) is 1. The number of alkyl halides is 5. The van der Waals surface area contributed by atoms with Crippen LogP contribution in [0.25, 0.3) is 0 Å². The Morgan fingerprint density at radius 3 is 2.27 bits per heavy atom. The molecule has 1 heterocycles. The van der Waals surface area contributed by atoms with Gasteiger partial charge in [0.15, 0.2) is 0 Å². The van der Waals surface area contributed by atoms with Crippen molar-refractivity contribution >= 4 is 17.4 Å². The molecule has 2 N–H and O–H groups in total. The summed E-state index contributed by atoms with van der Waals surface area (Å²) in [6.45, 7) is 0. The molecular formula is C7H4ClF5N2. The number of nitrogens with zero attached hydrogens (tertiary/aromatic N) is 1. The van der Waals surface area contributed by atoms with Crippen molar-refractivity contribution in [3.63, 3.8) is 0 Å². The number of pyridine rings is 1. The second-order valence-electron chi connectivity index (χ2n) is 2.59. The Morgan fingerprint density at radius 2 is 1.87 bits per heavy atom. The summed E-state index contributed by atoms with van der Waals surface area (Å²) in [6, 6.07) is 0.339. The zero-order valence-electron chi connectivity index (χ0n) is 6.95. The normalized spacial score (nSPS) is 12.2. The number of halogens is 6. The zero-order chi connectivity index (χ0) is 11.8. The number of anilines is 1. The third kappa shape index (κ3) is 2.47. The van der Waals surface area contributed by atoms with Crippen molar-refractivity contribution in [2.75, 3.05) is 5.73 Å². The van der Waals surface area contributed by atoms with Crippen molar-refractivity contribution in [1.29, 1.82) is 0 Å². The Labute approximate surface area is 85.9 Å². The van der Waals surface area contributed by atoms with E-state index in [1.54, 1.807) is 0 Å². The van der Waals surface area contributed by atoms with Gasteiger partial charge in [-0.1, -0.05) is 11.6 Å². The van der Waals surface area contributed by atoms with Crippen LogP contribution in [-0.4, -0.2) is 4.98 Å². The number of hydrogen-bond acceptors (Lipinski definition) is 2. The second-order valence-corrected chi connectivity index (χ2v) is 2.99. The van der Waals surface area contributed by atoms with Crippen molar-refractivity contribution in [1.82, 2.24) is 4.98 Å². The van der Waals surface area contributed by atoms with Gasteiger partial charge in [-0.2, -0.15) is 13.2 Å². The molecule has 0 atom stereocenters. The summed E-state index contributed by atoms with van der Waals surface area (Å²) in [4.78, 5) is 2.91. The topological polar surface area (TPSA) is 38.9 Å². The molecule has 8 heteroatoms. The molecule has 0 aromatic carbocycles. The van der Waals surface area contributed by atoms with E-state index in [1.165, 1.54) is 0 Å². The summed E-state index contributed by atoms with van der Waals surface area (Å²) in [5.74, 6) is -1.01. The number of rotatable bonds is 1. The van der Waals surface area contributed by atoms with Crippen LogP contribution in [0.15, 0.2) is 6.07 Å². The average molecular weight is 247 g/mol. The minimum atomic E-state index is -4.76. The maximum atomic E-state index is 12.2. The highest BCUT2D eigenvalue weighted by Crippen LogP contribution is 2.36. The summed E-state index contributed by atoms with van der Waals surface area (Å²) >= 11 is 5.20. The molecule has 84 valence electrons. The molecule has 0 unspecified atom stereocenters. The van der Waals surface area contributed by atoms with Gasteiger partial charge in [0.1, 0.15) is 11.5 Å². The molecule has 2 nitrogen and oxygen atoms in total. The highest BCUT2D eigenvalue weighted by Gasteiger charge is 2.35. The van der Waals surface area contributed by atoms with Gasteiger partial charge in [-0.05, 0) is 6.07 Å².